The van der Waals surface area contributed by atoms with Crippen LogP contribution in [0.3, 0.4) is 0 Å². The van der Waals surface area contributed by atoms with Crippen LogP contribution in [-0.4, -0.2) is 36.3 Å². The Morgan fingerprint density at radius 2 is 1.93 bits per heavy atom. The number of carbonyl (C=O) groups excluding carboxylic acids is 1. The van der Waals surface area contributed by atoms with E-state index in [1.165, 1.54) is 0 Å². The first-order valence-corrected chi connectivity index (χ1v) is 4.98. The first-order chi connectivity index (χ1) is 6.40. The van der Waals surface area contributed by atoms with Gasteiger partial charge in [-0.05, 0) is 13.8 Å². The molecule has 0 spiro atoms. The van der Waals surface area contributed by atoms with Crippen LogP contribution in [0.4, 0.5) is 0 Å². The number of nitrogens with zero attached hydrogens (tertiary/aromatic N) is 2. The normalized spacial score (nSPS) is 14.3. The Morgan fingerprint density at radius 1 is 1.43 bits per heavy atom. The second-order valence-corrected chi connectivity index (χ2v) is 3.74. The molecule has 0 heterocycles. The molecule has 0 aromatic rings. The second kappa shape index (κ2) is 5.62. The van der Waals surface area contributed by atoms with Crippen LogP contribution in [0, 0.1) is 5.92 Å². The van der Waals surface area contributed by atoms with Crippen molar-refractivity contribution in [3.63, 3.8) is 0 Å². The quantitative estimate of drug-likeness (QED) is 0.539. The highest BCUT2D eigenvalue weighted by Crippen LogP contribution is 2.00. The fourth-order valence-corrected chi connectivity index (χ4v) is 0.903. The van der Waals surface area contributed by atoms with Gasteiger partial charge < -0.3 is 10.6 Å². The number of aliphatic imine (C=N–C) groups is 1. The summed E-state index contributed by atoms with van der Waals surface area (Å²) in [5.41, 5.74) is 5.68. The lowest BCUT2D eigenvalue weighted by molar-refractivity contribution is -0.130. The monoisotopic (exact) mass is 199 g/mol. The summed E-state index contributed by atoms with van der Waals surface area (Å²) >= 11 is 0. The van der Waals surface area contributed by atoms with E-state index in [9.17, 15) is 4.79 Å². The molecular weight excluding hydrogens is 178 g/mol. The van der Waals surface area contributed by atoms with Crippen LogP contribution in [-0.2, 0) is 4.79 Å². The van der Waals surface area contributed by atoms with E-state index >= 15 is 0 Å². The molecule has 0 bridgehead atoms. The third-order valence-corrected chi connectivity index (χ3v) is 2.14. The van der Waals surface area contributed by atoms with Gasteiger partial charge in [-0.2, -0.15) is 0 Å². The SMILES string of the molecule is CCN(C)C(=O)C(C)N=C(N)C(C)C. The van der Waals surface area contributed by atoms with E-state index in [-0.39, 0.29) is 17.9 Å². The van der Waals surface area contributed by atoms with E-state index in [0.717, 1.165) is 0 Å². The largest absolute Gasteiger partial charge is 0.387 e. The molecule has 4 nitrogen and oxygen atoms in total. The summed E-state index contributed by atoms with van der Waals surface area (Å²) in [6, 6.07) is -0.373. The maximum Gasteiger partial charge on any atom is 0.246 e. The predicted molar refractivity (Wildman–Crippen MR) is 59.2 cm³/mol. The summed E-state index contributed by atoms with van der Waals surface area (Å²) in [7, 11) is 1.76. The van der Waals surface area contributed by atoms with Crippen LogP contribution in [0.25, 0.3) is 0 Å². The van der Waals surface area contributed by atoms with Crippen molar-refractivity contribution >= 4 is 11.7 Å². The van der Waals surface area contributed by atoms with Crippen molar-refractivity contribution in [1.29, 1.82) is 0 Å². The summed E-state index contributed by atoms with van der Waals surface area (Å²) < 4.78 is 0. The Balaban J connectivity index is 4.41. The molecule has 0 saturated carbocycles. The molecular formula is C10H21N3O. The molecule has 1 amide bonds. The predicted octanol–water partition coefficient (Wildman–Crippen LogP) is 0.866. The van der Waals surface area contributed by atoms with Crippen LogP contribution in [0.5, 0.6) is 0 Å². The molecule has 0 aromatic heterocycles. The highest BCUT2D eigenvalue weighted by Gasteiger charge is 2.15. The topological polar surface area (TPSA) is 58.7 Å². The third-order valence-electron chi connectivity index (χ3n) is 2.14. The zero-order valence-electron chi connectivity index (χ0n) is 9.74. The van der Waals surface area contributed by atoms with E-state index in [1.807, 2.05) is 20.8 Å². The standard InChI is InChI=1S/C10H21N3O/c1-6-13(5)10(14)8(4)12-9(11)7(2)3/h7-8H,6H2,1-5H3,(H2,11,12). The smallest absolute Gasteiger partial charge is 0.246 e. The minimum absolute atomic E-state index is 0.0103. The van der Waals surface area contributed by atoms with Gasteiger partial charge in [-0.1, -0.05) is 13.8 Å². The maximum absolute atomic E-state index is 11.6. The molecule has 0 saturated heterocycles. The average molecular weight is 199 g/mol. The van der Waals surface area contributed by atoms with E-state index in [0.29, 0.717) is 12.4 Å². The number of amides is 1. The molecule has 0 aliphatic heterocycles. The number of hydrogen-bond donors (Lipinski definition) is 1. The molecule has 0 rings (SSSR count). The van der Waals surface area contributed by atoms with Gasteiger partial charge in [-0.25, -0.2) is 0 Å². The van der Waals surface area contributed by atoms with Gasteiger partial charge in [0.15, 0.2) is 0 Å². The Morgan fingerprint density at radius 3 is 2.29 bits per heavy atom. The maximum atomic E-state index is 11.6. The Hall–Kier alpha value is -1.06. The Labute approximate surface area is 86.2 Å². The fourth-order valence-electron chi connectivity index (χ4n) is 0.903. The van der Waals surface area contributed by atoms with E-state index < -0.39 is 0 Å². The molecule has 4 heteroatoms. The van der Waals surface area contributed by atoms with Crippen molar-refractivity contribution in [2.24, 2.45) is 16.6 Å². The van der Waals surface area contributed by atoms with E-state index in [1.54, 1.807) is 18.9 Å². The number of likely N-dealkylation sites (N-methyl/N-ethyl adjacent to an activating group) is 1. The zero-order chi connectivity index (χ0) is 11.3. The van der Waals surface area contributed by atoms with Crippen LogP contribution in [0.2, 0.25) is 0 Å². The van der Waals surface area contributed by atoms with Crippen molar-refractivity contribution in [3.05, 3.63) is 0 Å². The van der Waals surface area contributed by atoms with Gasteiger partial charge in [0.2, 0.25) is 5.91 Å². The molecule has 0 radical (unpaired) electrons. The fraction of sp³-hybridized carbons (Fsp3) is 0.800. The van der Waals surface area contributed by atoms with Crippen LogP contribution in [0.1, 0.15) is 27.7 Å². The van der Waals surface area contributed by atoms with Gasteiger partial charge in [-0.15, -0.1) is 0 Å². The molecule has 0 fully saturated rings. The van der Waals surface area contributed by atoms with Crippen molar-refractivity contribution in [2.45, 2.75) is 33.7 Å². The summed E-state index contributed by atoms with van der Waals surface area (Å²) in [4.78, 5) is 17.4. The summed E-state index contributed by atoms with van der Waals surface area (Å²) in [5.74, 6) is 0.739. The minimum atomic E-state index is -0.373. The number of hydrogen-bond acceptors (Lipinski definition) is 2. The molecule has 82 valence electrons. The van der Waals surface area contributed by atoms with Gasteiger partial charge in [0.05, 0.1) is 5.84 Å². The number of rotatable bonds is 4. The van der Waals surface area contributed by atoms with E-state index in [2.05, 4.69) is 4.99 Å². The zero-order valence-corrected chi connectivity index (χ0v) is 9.74. The molecule has 2 N–H and O–H groups in total. The van der Waals surface area contributed by atoms with Gasteiger partial charge in [0.25, 0.3) is 0 Å². The molecule has 0 aliphatic rings. The highest BCUT2D eigenvalue weighted by atomic mass is 16.2. The van der Waals surface area contributed by atoms with Crippen molar-refractivity contribution < 1.29 is 4.79 Å². The van der Waals surface area contributed by atoms with Gasteiger partial charge in [-0.3, -0.25) is 9.79 Å². The van der Waals surface area contributed by atoms with Crippen LogP contribution < -0.4 is 5.73 Å². The highest BCUT2D eigenvalue weighted by molar-refractivity contribution is 5.88. The Kier molecular flexibility index (Phi) is 5.20. The summed E-state index contributed by atoms with van der Waals surface area (Å²) in [5, 5.41) is 0. The van der Waals surface area contributed by atoms with Crippen molar-refractivity contribution in [2.75, 3.05) is 13.6 Å². The summed E-state index contributed by atoms with van der Waals surface area (Å²) in [6.45, 7) is 8.31. The second-order valence-electron chi connectivity index (χ2n) is 3.74. The average Bonchev–Trinajstić information content (AvgIpc) is 2.14. The Bertz CT molecular complexity index is 223. The van der Waals surface area contributed by atoms with E-state index in [4.69, 9.17) is 5.73 Å². The van der Waals surface area contributed by atoms with Crippen LogP contribution >= 0.6 is 0 Å². The summed E-state index contributed by atoms with van der Waals surface area (Å²) in [6.07, 6.45) is 0. The molecule has 1 unspecified atom stereocenters. The lowest BCUT2D eigenvalue weighted by atomic mass is 10.2. The molecule has 0 aliphatic carbocycles. The first kappa shape index (κ1) is 12.9. The minimum Gasteiger partial charge on any atom is -0.387 e. The van der Waals surface area contributed by atoms with Gasteiger partial charge >= 0.3 is 0 Å². The lowest BCUT2D eigenvalue weighted by Gasteiger charge is -2.18. The first-order valence-electron chi connectivity index (χ1n) is 4.98. The third kappa shape index (κ3) is 3.77. The lowest BCUT2D eigenvalue weighted by Crippen LogP contribution is -2.35. The molecule has 0 aromatic carbocycles. The molecule has 14 heavy (non-hydrogen) atoms. The number of nitrogens with two attached hydrogens (primary N) is 1. The van der Waals surface area contributed by atoms with Gasteiger partial charge in [0.1, 0.15) is 6.04 Å². The number of carbonyl (C=O) groups is 1. The van der Waals surface area contributed by atoms with Gasteiger partial charge in [0, 0.05) is 19.5 Å². The number of amidine groups is 1. The van der Waals surface area contributed by atoms with Crippen molar-refractivity contribution in [3.8, 4) is 0 Å². The molecule has 1 atom stereocenters. The van der Waals surface area contributed by atoms with Crippen LogP contribution in [0.15, 0.2) is 4.99 Å². The van der Waals surface area contributed by atoms with Crippen molar-refractivity contribution in [1.82, 2.24) is 4.90 Å².